The Morgan fingerprint density at radius 1 is 1.18 bits per heavy atom. The molecule has 0 radical (unpaired) electrons. The Labute approximate surface area is 107 Å². The van der Waals surface area contributed by atoms with E-state index in [4.69, 9.17) is 0 Å². The van der Waals surface area contributed by atoms with Crippen LogP contribution in [0.25, 0.3) is 0 Å². The molecule has 3 heteroatoms. The van der Waals surface area contributed by atoms with Crippen LogP contribution in [0, 0.1) is 11.3 Å². The van der Waals surface area contributed by atoms with Gasteiger partial charge in [0.15, 0.2) is 0 Å². The van der Waals surface area contributed by atoms with Gasteiger partial charge in [-0.15, -0.1) is 0 Å². The molecule has 0 spiro atoms. The maximum absolute atomic E-state index is 12.2. The monoisotopic (exact) mass is 256 g/mol. The van der Waals surface area contributed by atoms with Crippen LogP contribution in [0.4, 0.5) is 0 Å². The summed E-state index contributed by atoms with van der Waals surface area (Å²) in [5.74, 6) is 0.640. The van der Waals surface area contributed by atoms with Gasteiger partial charge in [0.2, 0.25) is 0 Å². The first kappa shape index (κ1) is 13.3. The number of fused-ring (bicyclic) bond motifs is 2. The molecule has 98 valence electrons. The van der Waals surface area contributed by atoms with E-state index < -0.39 is 10.8 Å². The van der Waals surface area contributed by atoms with Crippen LogP contribution in [-0.2, 0) is 15.6 Å². The SMILES string of the molecule is CC(C)(C)CCC(=O)C1CC2CCC(C1)S2=O. The molecule has 17 heavy (non-hydrogen) atoms. The first-order valence-electron chi connectivity index (χ1n) is 6.79. The Hall–Kier alpha value is -0.180. The van der Waals surface area contributed by atoms with Crippen LogP contribution in [0.2, 0.25) is 0 Å². The van der Waals surface area contributed by atoms with Crippen LogP contribution in [0.3, 0.4) is 0 Å². The fraction of sp³-hybridized carbons (Fsp3) is 0.929. The minimum Gasteiger partial charge on any atom is -0.299 e. The van der Waals surface area contributed by atoms with Crippen molar-refractivity contribution in [2.45, 2.75) is 69.8 Å². The van der Waals surface area contributed by atoms with Crippen molar-refractivity contribution in [3.63, 3.8) is 0 Å². The molecule has 2 saturated heterocycles. The molecule has 0 aliphatic carbocycles. The highest BCUT2D eigenvalue weighted by Crippen LogP contribution is 2.39. The van der Waals surface area contributed by atoms with E-state index in [2.05, 4.69) is 20.8 Å². The molecule has 0 amide bonds. The fourth-order valence-electron chi connectivity index (χ4n) is 3.00. The van der Waals surface area contributed by atoms with E-state index in [1.807, 2.05) is 0 Å². The first-order valence-corrected chi connectivity index (χ1v) is 8.06. The number of carbonyl (C=O) groups excluding carboxylic acids is 1. The normalized spacial score (nSPS) is 37.1. The summed E-state index contributed by atoms with van der Waals surface area (Å²) >= 11 is 0. The van der Waals surface area contributed by atoms with Gasteiger partial charge in [0.05, 0.1) is 0 Å². The first-order chi connectivity index (χ1) is 7.87. The summed E-state index contributed by atoms with van der Waals surface area (Å²) in [7, 11) is -0.629. The number of rotatable bonds is 3. The van der Waals surface area contributed by atoms with Gasteiger partial charge in [0.25, 0.3) is 0 Å². The van der Waals surface area contributed by atoms with Crippen LogP contribution in [0.15, 0.2) is 0 Å². The highest BCUT2D eigenvalue weighted by Gasteiger charge is 2.42. The fourth-order valence-corrected chi connectivity index (χ4v) is 5.12. The smallest absolute Gasteiger partial charge is 0.136 e. The maximum atomic E-state index is 12.2. The van der Waals surface area contributed by atoms with E-state index in [0.717, 1.165) is 32.1 Å². The third kappa shape index (κ3) is 3.18. The van der Waals surface area contributed by atoms with Gasteiger partial charge in [0, 0.05) is 33.6 Å². The Balaban J connectivity index is 1.88. The molecular weight excluding hydrogens is 232 g/mol. The quantitative estimate of drug-likeness (QED) is 0.777. The zero-order valence-electron chi connectivity index (χ0n) is 11.2. The van der Waals surface area contributed by atoms with E-state index in [-0.39, 0.29) is 11.3 Å². The summed E-state index contributed by atoms with van der Waals surface area (Å²) < 4.78 is 11.9. The van der Waals surface area contributed by atoms with Crippen molar-refractivity contribution >= 4 is 16.6 Å². The third-order valence-corrected chi connectivity index (χ3v) is 6.31. The van der Waals surface area contributed by atoms with Crippen molar-refractivity contribution in [3.8, 4) is 0 Å². The second kappa shape index (κ2) is 4.83. The Bertz CT molecular complexity index is 314. The van der Waals surface area contributed by atoms with Crippen molar-refractivity contribution in [3.05, 3.63) is 0 Å². The van der Waals surface area contributed by atoms with Gasteiger partial charge in [-0.2, -0.15) is 0 Å². The molecule has 2 bridgehead atoms. The summed E-state index contributed by atoms with van der Waals surface area (Å²) in [6.07, 6.45) is 5.64. The van der Waals surface area contributed by atoms with Gasteiger partial charge in [-0.3, -0.25) is 9.00 Å². The molecular formula is C14H24O2S. The molecule has 2 atom stereocenters. The Kier molecular flexibility index (Phi) is 3.77. The third-order valence-electron chi connectivity index (χ3n) is 4.14. The van der Waals surface area contributed by atoms with Gasteiger partial charge in [-0.25, -0.2) is 0 Å². The summed E-state index contributed by atoms with van der Waals surface area (Å²) in [6, 6.07) is 0. The second-order valence-electron chi connectivity index (χ2n) is 6.85. The maximum Gasteiger partial charge on any atom is 0.136 e. The second-order valence-corrected chi connectivity index (χ2v) is 8.84. The van der Waals surface area contributed by atoms with Crippen LogP contribution in [-0.4, -0.2) is 20.5 Å². The molecule has 2 rings (SSSR count). The minimum absolute atomic E-state index is 0.215. The van der Waals surface area contributed by atoms with E-state index >= 15 is 0 Å². The van der Waals surface area contributed by atoms with Crippen LogP contribution < -0.4 is 0 Å². The van der Waals surface area contributed by atoms with E-state index in [0.29, 0.717) is 22.7 Å². The zero-order chi connectivity index (χ0) is 12.6. The van der Waals surface area contributed by atoms with Crippen LogP contribution in [0.1, 0.15) is 59.3 Å². The molecule has 2 aliphatic heterocycles. The molecule has 2 fully saturated rings. The summed E-state index contributed by atoms with van der Waals surface area (Å²) in [5, 5.41) is 0.662. The van der Waals surface area contributed by atoms with Gasteiger partial charge in [-0.05, 0) is 37.5 Å². The lowest BCUT2D eigenvalue weighted by molar-refractivity contribution is -0.123. The molecule has 2 heterocycles. The average molecular weight is 256 g/mol. The molecule has 2 unspecified atom stereocenters. The average Bonchev–Trinajstić information content (AvgIpc) is 2.50. The van der Waals surface area contributed by atoms with Crippen molar-refractivity contribution in [1.29, 1.82) is 0 Å². The van der Waals surface area contributed by atoms with Crippen molar-refractivity contribution in [2.75, 3.05) is 0 Å². The standard InChI is InChI=1S/C14H24O2S/c1-14(2,3)7-6-13(15)10-8-11-4-5-12(9-10)17(11)16/h10-12H,4-9H2,1-3H3. The molecule has 2 nitrogen and oxygen atoms in total. The van der Waals surface area contributed by atoms with Crippen LogP contribution in [0.5, 0.6) is 0 Å². The predicted octanol–water partition coefficient (Wildman–Crippen LogP) is 3.07. The van der Waals surface area contributed by atoms with Crippen molar-refractivity contribution in [2.24, 2.45) is 11.3 Å². The van der Waals surface area contributed by atoms with Crippen molar-refractivity contribution < 1.29 is 9.00 Å². The largest absolute Gasteiger partial charge is 0.299 e. The lowest BCUT2D eigenvalue weighted by atomic mass is 9.85. The number of hydrogen-bond donors (Lipinski definition) is 0. The summed E-state index contributed by atoms with van der Waals surface area (Å²) in [5.41, 5.74) is 0.242. The van der Waals surface area contributed by atoms with Crippen molar-refractivity contribution in [1.82, 2.24) is 0 Å². The van der Waals surface area contributed by atoms with E-state index in [1.165, 1.54) is 0 Å². The lowest BCUT2D eigenvalue weighted by Crippen LogP contribution is -2.32. The number of hydrogen-bond acceptors (Lipinski definition) is 2. The van der Waals surface area contributed by atoms with Gasteiger partial charge in [0.1, 0.15) is 5.78 Å². The highest BCUT2D eigenvalue weighted by atomic mass is 32.2. The van der Waals surface area contributed by atoms with Gasteiger partial charge < -0.3 is 0 Å². The lowest BCUT2D eigenvalue weighted by Gasteiger charge is -2.27. The predicted molar refractivity (Wildman–Crippen MR) is 71.4 cm³/mol. The Morgan fingerprint density at radius 2 is 1.71 bits per heavy atom. The number of carbonyl (C=O) groups is 1. The van der Waals surface area contributed by atoms with Gasteiger partial charge in [-0.1, -0.05) is 20.8 Å². The Morgan fingerprint density at radius 3 is 2.18 bits per heavy atom. The number of Topliss-reactive ketones (excluding diaryl/α,β-unsaturated/α-hetero) is 1. The molecule has 2 aliphatic rings. The molecule has 0 aromatic heterocycles. The zero-order valence-corrected chi connectivity index (χ0v) is 12.0. The number of ketones is 1. The molecule has 0 aromatic carbocycles. The van der Waals surface area contributed by atoms with Gasteiger partial charge >= 0.3 is 0 Å². The van der Waals surface area contributed by atoms with E-state index in [1.54, 1.807) is 0 Å². The molecule has 0 N–H and O–H groups in total. The molecule has 0 saturated carbocycles. The summed E-state index contributed by atoms with van der Waals surface area (Å²) in [4.78, 5) is 12.2. The minimum atomic E-state index is -0.629. The highest BCUT2D eigenvalue weighted by molar-refractivity contribution is 7.86. The van der Waals surface area contributed by atoms with E-state index in [9.17, 15) is 9.00 Å². The van der Waals surface area contributed by atoms with Crippen LogP contribution >= 0.6 is 0 Å². The summed E-state index contributed by atoms with van der Waals surface area (Å²) in [6.45, 7) is 6.54. The topological polar surface area (TPSA) is 34.1 Å². The molecule has 0 aromatic rings.